The highest BCUT2D eigenvalue weighted by Gasteiger charge is 2.10. The van der Waals surface area contributed by atoms with E-state index in [1.54, 1.807) is 0 Å². The number of carbonyl (C=O) groups is 1. The van der Waals surface area contributed by atoms with Gasteiger partial charge in [0.1, 0.15) is 11.6 Å². The molecule has 2 aromatic rings. The van der Waals surface area contributed by atoms with Crippen molar-refractivity contribution in [2.24, 2.45) is 0 Å². The van der Waals surface area contributed by atoms with Gasteiger partial charge >= 0.3 is 5.97 Å². The summed E-state index contributed by atoms with van der Waals surface area (Å²) in [6.45, 7) is 2.52. The van der Waals surface area contributed by atoms with Crippen LogP contribution in [0.1, 0.15) is 18.9 Å². The summed E-state index contributed by atoms with van der Waals surface area (Å²) in [6, 6.07) is 11.8. The fraction of sp³-hybridized carbons (Fsp3) is 0.333. The molecule has 0 amide bonds. The number of aryl methyl sites for hydroxylation is 1. The summed E-state index contributed by atoms with van der Waals surface area (Å²) in [5.41, 5.74) is 2.82. The normalized spacial score (nSPS) is 10.2. The van der Waals surface area contributed by atoms with Crippen molar-refractivity contribution in [3.63, 3.8) is 0 Å². The topological polar surface area (TPSA) is 60.5 Å². The number of hydrogen-bond acceptors (Lipinski definition) is 5. The first-order chi connectivity index (χ1) is 11.2. The maximum absolute atomic E-state index is 11.3. The Morgan fingerprint density at radius 1 is 1.26 bits per heavy atom. The summed E-state index contributed by atoms with van der Waals surface area (Å²) in [6.07, 6.45) is 0.978. The zero-order valence-corrected chi connectivity index (χ0v) is 13.8. The number of anilines is 1. The summed E-state index contributed by atoms with van der Waals surface area (Å²) >= 11 is 0. The van der Waals surface area contributed by atoms with E-state index in [1.807, 2.05) is 50.4 Å². The molecule has 1 aromatic heterocycles. The number of ether oxygens (including phenoxy) is 2. The second-order valence-electron chi connectivity index (χ2n) is 5.00. The van der Waals surface area contributed by atoms with Crippen molar-refractivity contribution < 1.29 is 14.3 Å². The number of carbonyl (C=O) groups excluding carboxylic acids is 1. The van der Waals surface area contributed by atoms with Gasteiger partial charge in [0.15, 0.2) is 0 Å². The number of esters is 1. The lowest BCUT2D eigenvalue weighted by Gasteiger charge is -2.12. The summed E-state index contributed by atoms with van der Waals surface area (Å²) in [4.78, 5) is 15.8. The molecule has 5 nitrogen and oxygen atoms in total. The van der Waals surface area contributed by atoms with Crippen LogP contribution < -0.4 is 10.1 Å². The summed E-state index contributed by atoms with van der Waals surface area (Å²) in [5, 5.41) is 3.04. The van der Waals surface area contributed by atoms with Gasteiger partial charge in [0.25, 0.3) is 0 Å². The van der Waals surface area contributed by atoms with Gasteiger partial charge in [0.05, 0.1) is 19.4 Å². The van der Waals surface area contributed by atoms with Crippen LogP contribution in [0.2, 0.25) is 0 Å². The highest BCUT2D eigenvalue weighted by molar-refractivity contribution is 5.71. The first-order valence-electron chi connectivity index (χ1n) is 7.65. The van der Waals surface area contributed by atoms with Crippen molar-refractivity contribution in [2.45, 2.75) is 19.8 Å². The van der Waals surface area contributed by atoms with Gasteiger partial charge in [-0.15, -0.1) is 0 Å². The Labute approximate surface area is 136 Å². The van der Waals surface area contributed by atoms with Gasteiger partial charge in [0.2, 0.25) is 0 Å². The van der Waals surface area contributed by atoms with E-state index in [9.17, 15) is 4.79 Å². The molecular formula is C18H22N2O3. The van der Waals surface area contributed by atoms with Crippen LogP contribution in [0.15, 0.2) is 36.4 Å². The molecule has 0 saturated heterocycles. The molecule has 0 aliphatic carbocycles. The van der Waals surface area contributed by atoms with E-state index in [1.165, 1.54) is 7.11 Å². The molecule has 1 aromatic carbocycles. The number of methoxy groups -OCH3 is 1. The predicted octanol–water partition coefficient (Wildman–Crippen LogP) is 3.29. The highest BCUT2D eigenvalue weighted by Crippen LogP contribution is 2.31. The third-order valence-electron chi connectivity index (χ3n) is 3.47. The first-order valence-corrected chi connectivity index (χ1v) is 7.65. The third-order valence-corrected chi connectivity index (χ3v) is 3.47. The molecule has 122 valence electrons. The van der Waals surface area contributed by atoms with E-state index < -0.39 is 0 Å². The minimum Gasteiger partial charge on any atom is -0.493 e. The maximum Gasteiger partial charge on any atom is 0.305 e. The molecule has 0 spiro atoms. The Morgan fingerprint density at radius 3 is 2.78 bits per heavy atom. The average molecular weight is 314 g/mol. The third kappa shape index (κ3) is 4.45. The van der Waals surface area contributed by atoms with Crippen LogP contribution in [-0.2, 0) is 16.0 Å². The molecule has 0 aliphatic rings. The molecule has 23 heavy (non-hydrogen) atoms. The average Bonchev–Trinajstić information content (AvgIpc) is 2.60. The lowest BCUT2D eigenvalue weighted by molar-refractivity contribution is -0.140. The van der Waals surface area contributed by atoms with Crippen LogP contribution in [-0.4, -0.2) is 31.7 Å². The molecule has 5 heteroatoms. The molecule has 0 atom stereocenters. The highest BCUT2D eigenvalue weighted by atomic mass is 16.5. The van der Waals surface area contributed by atoms with Gasteiger partial charge in [0, 0.05) is 19.0 Å². The van der Waals surface area contributed by atoms with Gasteiger partial charge in [-0.05, 0) is 43.2 Å². The smallest absolute Gasteiger partial charge is 0.305 e. The van der Waals surface area contributed by atoms with E-state index in [4.69, 9.17) is 4.74 Å². The van der Waals surface area contributed by atoms with Crippen LogP contribution >= 0.6 is 0 Å². The quantitative estimate of drug-likeness (QED) is 0.795. The molecule has 1 N–H and O–H groups in total. The number of aromatic nitrogens is 1. The zero-order chi connectivity index (χ0) is 16.7. The minimum atomic E-state index is -0.213. The Balaban J connectivity index is 2.30. The number of nitrogens with zero attached hydrogens (tertiary/aromatic N) is 1. The number of nitrogens with one attached hydrogen (secondary N) is 1. The number of rotatable bonds is 7. The SMILES string of the molecule is CCOc1cc(CCC(=O)OC)ccc1-c1cccc(NC)n1. The van der Waals surface area contributed by atoms with Crippen molar-refractivity contribution >= 4 is 11.8 Å². The van der Waals surface area contributed by atoms with E-state index in [-0.39, 0.29) is 5.97 Å². The van der Waals surface area contributed by atoms with Crippen molar-refractivity contribution in [3.05, 3.63) is 42.0 Å². The number of benzene rings is 1. The minimum absolute atomic E-state index is 0.213. The maximum atomic E-state index is 11.3. The van der Waals surface area contributed by atoms with Gasteiger partial charge in [-0.2, -0.15) is 0 Å². The number of hydrogen-bond donors (Lipinski definition) is 1. The van der Waals surface area contributed by atoms with Crippen molar-refractivity contribution in [3.8, 4) is 17.0 Å². The summed E-state index contributed by atoms with van der Waals surface area (Å²) < 4.78 is 10.4. The summed E-state index contributed by atoms with van der Waals surface area (Å²) in [7, 11) is 3.24. The van der Waals surface area contributed by atoms with Gasteiger partial charge < -0.3 is 14.8 Å². The van der Waals surface area contributed by atoms with Crippen molar-refractivity contribution in [1.82, 2.24) is 4.98 Å². The van der Waals surface area contributed by atoms with Crippen LogP contribution in [0.25, 0.3) is 11.3 Å². The molecule has 0 fully saturated rings. The van der Waals surface area contributed by atoms with Crippen LogP contribution in [0, 0.1) is 0 Å². The molecular weight excluding hydrogens is 292 g/mol. The summed E-state index contributed by atoms with van der Waals surface area (Å²) in [5.74, 6) is 1.37. The first kappa shape index (κ1) is 16.8. The molecule has 0 unspecified atom stereocenters. The fourth-order valence-corrected chi connectivity index (χ4v) is 2.28. The monoisotopic (exact) mass is 314 g/mol. The molecule has 0 radical (unpaired) electrons. The van der Waals surface area contributed by atoms with E-state index >= 15 is 0 Å². The van der Waals surface area contributed by atoms with Gasteiger partial charge in [-0.1, -0.05) is 12.1 Å². The molecule has 0 aliphatic heterocycles. The molecule has 0 saturated carbocycles. The fourth-order valence-electron chi connectivity index (χ4n) is 2.28. The lowest BCUT2D eigenvalue weighted by atomic mass is 10.0. The van der Waals surface area contributed by atoms with Gasteiger partial charge in [-0.3, -0.25) is 4.79 Å². The Bertz CT molecular complexity index is 671. The van der Waals surface area contributed by atoms with Crippen LogP contribution in [0.5, 0.6) is 5.75 Å². The lowest BCUT2D eigenvalue weighted by Crippen LogP contribution is -2.03. The van der Waals surface area contributed by atoms with E-state index in [2.05, 4.69) is 15.0 Å². The standard InChI is InChI=1S/C18H22N2O3/c1-4-23-16-12-13(9-11-18(21)22-3)8-10-14(16)15-6-5-7-17(19-2)20-15/h5-8,10,12H,4,9,11H2,1-3H3,(H,19,20). The number of pyridine rings is 1. The Kier molecular flexibility index (Phi) is 5.97. The molecule has 1 heterocycles. The van der Waals surface area contributed by atoms with E-state index in [0.717, 1.165) is 28.4 Å². The molecule has 2 rings (SSSR count). The Hall–Kier alpha value is -2.56. The predicted molar refractivity (Wildman–Crippen MR) is 90.7 cm³/mol. The van der Waals surface area contributed by atoms with Crippen LogP contribution in [0.4, 0.5) is 5.82 Å². The van der Waals surface area contributed by atoms with Crippen molar-refractivity contribution in [2.75, 3.05) is 26.1 Å². The van der Waals surface area contributed by atoms with Crippen LogP contribution in [0.3, 0.4) is 0 Å². The van der Waals surface area contributed by atoms with Gasteiger partial charge in [-0.25, -0.2) is 4.98 Å². The zero-order valence-electron chi connectivity index (χ0n) is 13.8. The van der Waals surface area contributed by atoms with E-state index in [0.29, 0.717) is 19.4 Å². The largest absolute Gasteiger partial charge is 0.493 e. The van der Waals surface area contributed by atoms with Crippen molar-refractivity contribution in [1.29, 1.82) is 0 Å². The molecule has 0 bridgehead atoms. The Morgan fingerprint density at radius 2 is 2.09 bits per heavy atom. The second-order valence-corrected chi connectivity index (χ2v) is 5.00. The second kappa shape index (κ2) is 8.17.